The maximum atomic E-state index is 13.0. The quantitative estimate of drug-likeness (QED) is 0.0584. The molecule has 4 aromatic carbocycles. The molecule has 8 rings (SSSR count). The highest BCUT2D eigenvalue weighted by molar-refractivity contribution is 7.89. The number of hydrogen-bond acceptors (Lipinski definition) is 15. The Morgan fingerprint density at radius 2 is 1.00 bits per heavy atom. The van der Waals surface area contributed by atoms with Crippen molar-refractivity contribution in [2.45, 2.75) is 45.4 Å². The van der Waals surface area contributed by atoms with E-state index in [1.165, 1.54) is 14.2 Å². The van der Waals surface area contributed by atoms with Gasteiger partial charge in [0.05, 0.1) is 57.5 Å². The number of carboxylic acids is 1. The Morgan fingerprint density at radius 1 is 0.571 bits per heavy atom. The summed E-state index contributed by atoms with van der Waals surface area (Å²) in [6.45, 7) is 4.59. The summed E-state index contributed by atoms with van der Waals surface area (Å²) >= 11 is 0. The summed E-state index contributed by atoms with van der Waals surface area (Å²) < 4.78 is 81.6. The molecule has 414 valence electrons. The van der Waals surface area contributed by atoms with Crippen LogP contribution in [0.2, 0.25) is 0 Å². The van der Waals surface area contributed by atoms with E-state index in [-0.39, 0.29) is 37.8 Å². The third-order valence-electron chi connectivity index (χ3n) is 13.9. The van der Waals surface area contributed by atoms with Crippen molar-refractivity contribution in [3.05, 3.63) is 131 Å². The molecule has 2 amide bonds. The number of piperidine rings is 2. The van der Waals surface area contributed by atoms with Crippen molar-refractivity contribution in [1.82, 2.24) is 27.5 Å². The molecule has 2 saturated heterocycles. The number of nitrogens with zero attached hydrogens (tertiary/aromatic N) is 6. The van der Waals surface area contributed by atoms with Crippen LogP contribution in [0.15, 0.2) is 109 Å². The second kappa shape index (κ2) is 26.3. The second-order valence-corrected chi connectivity index (χ2v) is 23.0. The Morgan fingerprint density at radius 3 is 1.45 bits per heavy atom. The van der Waals surface area contributed by atoms with Gasteiger partial charge in [-0.2, -0.15) is 0 Å². The summed E-state index contributed by atoms with van der Waals surface area (Å²) in [5.41, 5.74) is 3.86. The number of aromatic carboxylic acids is 1. The fourth-order valence-corrected chi connectivity index (χ4v) is 11.3. The molecule has 0 radical (unpaired) electrons. The predicted octanol–water partition coefficient (Wildman–Crippen LogP) is 7.31. The second-order valence-electron chi connectivity index (χ2n) is 19.2. The number of benzene rings is 4. The monoisotopic (exact) mass is 1100 g/mol. The van der Waals surface area contributed by atoms with E-state index in [0.29, 0.717) is 68.0 Å². The van der Waals surface area contributed by atoms with Crippen LogP contribution in [0, 0.1) is 11.8 Å². The van der Waals surface area contributed by atoms with Crippen LogP contribution in [0.1, 0.15) is 57.5 Å². The van der Waals surface area contributed by atoms with Crippen LogP contribution >= 0.6 is 0 Å². The first-order chi connectivity index (χ1) is 36.9. The predicted molar refractivity (Wildman–Crippen MR) is 290 cm³/mol. The molecule has 2 fully saturated rings. The molecule has 77 heavy (non-hydrogen) atoms. The van der Waals surface area contributed by atoms with Crippen molar-refractivity contribution in [1.29, 1.82) is 0 Å². The van der Waals surface area contributed by atoms with E-state index >= 15 is 0 Å². The van der Waals surface area contributed by atoms with Crippen LogP contribution in [0.25, 0.3) is 21.8 Å². The molecule has 1 N–H and O–H groups in total. The number of carboxylic acid groups (broad SMARTS) is 1. The number of rotatable bonds is 20. The van der Waals surface area contributed by atoms with Gasteiger partial charge in [0.25, 0.3) is 0 Å². The Balaban J connectivity index is 0.000000224. The van der Waals surface area contributed by atoms with Gasteiger partial charge in [0.15, 0.2) is 0 Å². The summed E-state index contributed by atoms with van der Waals surface area (Å²) in [6.07, 6.45) is 3.50. The zero-order valence-corrected chi connectivity index (χ0v) is 45.7. The first-order valence-corrected chi connectivity index (χ1v) is 29.1. The highest BCUT2D eigenvalue weighted by Crippen LogP contribution is 2.35. The Bertz CT molecular complexity index is 3210. The summed E-state index contributed by atoms with van der Waals surface area (Å²) in [5, 5.41) is 11.2. The van der Waals surface area contributed by atoms with Gasteiger partial charge >= 0.3 is 24.1 Å². The maximum Gasteiger partial charge on any atom is 0.423 e. The topological polar surface area (TPSA) is 226 Å². The number of aryl methyl sites for hydroxylation is 1. The van der Waals surface area contributed by atoms with Gasteiger partial charge in [0, 0.05) is 37.5 Å². The van der Waals surface area contributed by atoms with E-state index < -0.39 is 44.2 Å². The number of hydrogen-bond donors (Lipinski definition) is 1. The lowest BCUT2D eigenvalue weighted by Crippen LogP contribution is -2.44. The molecule has 0 unspecified atom stereocenters. The van der Waals surface area contributed by atoms with E-state index in [2.05, 4.69) is 9.80 Å². The van der Waals surface area contributed by atoms with Gasteiger partial charge in [0.1, 0.15) is 24.3 Å². The molecule has 0 atom stereocenters. The van der Waals surface area contributed by atoms with E-state index in [0.717, 1.165) is 87.4 Å². The number of likely N-dealkylation sites (tertiary alicyclic amines) is 2. The summed E-state index contributed by atoms with van der Waals surface area (Å²) in [6, 6.07) is 33.2. The summed E-state index contributed by atoms with van der Waals surface area (Å²) in [4.78, 5) is 54.3. The number of para-hydroxylation sites is 2. The minimum absolute atomic E-state index is 0.000454. The summed E-state index contributed by atoms with van der Waals surface area (Å²) in [7, 11) is -2.70. The van der Waals surface area contributed by atoms with Gasteiger partial charge < -0.3 is 47.7 Å². The Labute approximate surface area is 449 Å². The van der Waals surface area contributed by atoms with Crippen molar-refractivity contribution >= 4 is 66.0 Å². The van der Waals surface area contributed by atoms with Gasteiger partial charge in [-0.05, 0) is 87.0 Å². The standard InChI is InChI=1S/C28H35N3O7S.C27H33N3O7S/c1-29-24-12-8-7-11-23(24)25(26(29)36-2)27(32)37-19-22-13-15-30(16-14-22)17-18-31(39(3,34)35)28(33)38-20-21-9-5-4-6-10-21;1-36-25-24(26(31)32)22-10-6-7-11-23(22)29(25)18-20-12-14-28(15-13-20)16-17-30(38(2,34)35)27(33)37-19-21-8-4-3-5-9-21/h4-12,22H,13-20H2,1-3H3;3-11,20H,12-19H2,1-2H3,(H,31,32). The maximum absolute atomic E-state index is 13.0. The van der Waals surface area contributed by atoms with Crippen molar-refractivity contribution in [2.75, 3.05) is 85.7 Å². The summed E-state index contributed by atoms with van der Waals surface area (Å²) in [5.74, 6) is -0.145. The zero-order chi connectivity index (χ0) is 55.3. The normalized spacial score (nSPS) is 14.8. The first-order valence-electron chi connectivity index (χ1n) is 25.4. The number of amides is 2. The van der Waals surface area contributed by atoms with E-state index in [9.17, 15) is 41.1 Å². The molecule has 2 aromatic heterocycles. The van der Waals surface area contributed by atoms with Crippen LogP contribution < -0.4 is 9.47 Å². The molecule has 4 heterocycles. The molecule has 2 aliphatic rings. The van der Waals surface area contributed by atoms with Crippen LogP contribution in [-0.4, -0.2) is 159 Å². The largest absolute Gasteiger partial charge is 0.482 e. The minimum atomic E-state index is -3.79. The molecular weight excluding hydrogens is 1030 g/mol. The molecule has 0 bridgehead atoms. The number of carbonyl (C=O) groups excluding carboxylic acids is 3. The van der Waals surface area contributed by atoms with Crippen molar-refractivity contribution < 1.29 is 64.8 Å². The van der Waals surface area contributed by atoms with Crippen LogP contribution in [0.5, 0.6) is 11.8 Å². The first kappa shape index (κ1) is 57.6. The van der Waals surface area contributed by atoms with E-state index in [1.54, 1.807) is 30.3 Å². The smallest absolute Gasteiger partial charge is 0.423 e. The number of ether oxygens (including phenoxy) is 5. The molecule has 2 aliphatic heterocycles. The lowest BCUT2D eigenvalue weighted by molar-refractivity contribution is 0.0369. The highest BCUT2D eigenvalue weighted by Gasteiger charge is 2.31. The Kier molecular flexibility index (Phi) is 19.6. The number of carbonyl (C=O) groups is 4. The van der Waals surface area contributed by atoms with Crippen molar-refractivity contribution in [3.63, 3.8) is 0 Å². The lowest BCUT2D eigenvalue weighted by Gasteiger charge is -2.33. The van der Waals surface area contributed by atoms with Crippen LogP contribution in [0.3, 0.4) is 0 Å². The number of fused-ring (bicyclic) bond motifs is 2. The van der Waals surface area contributed by atoms with Gasteiger partial charge in [-0.3, -0.25) is 0 Å². The highest BCUT2D eigenvalue weighted by atomic mass is 32.2. The van der Waals surface area contributed by atoms with Crippen LogP contribution in [0.4, 0.5) is 9.59 Å². The van der Waals surface area contributed by atoms with Gasteiger partial charge in [-0.25, -0.2) is 44.6 Å². The fourth-order valence-electron chi connectivity index (χ4n) is 9.81. The molecule has 6 aromatic rings. The molecule has 22 heteroatoms. The average molecular weight is 1100 g/mol. The van der Waals surface area contributed by atoms with Crippen LogP contribution in [-0.2, 0) is 61.1 Å². The van der Waals surface area contributed by atoms with Crippen molar-refractivity contribution in [2.24, 2.45) is 18.9 Å². The Hall–Kier alpha value is -7.14. The number of sulfonamides is 2. The average Bonchev–Trinajstić information content (AvgIpc) is 3.94. The molecule has 20 nitrogen and oxygen atoms in total. The molecule has 0 aliphatic carbocycles. The molecule has 0 saturated carbocycles. The number of methoxy groups -OCH3 is 2. The third-order valence-corrected chi connectivity index (χ3v) is 16.2. The zero-order valence-electron chi connectivity index (χ0n) is 44.1. The fraction of sp³-hybridized carbons (Fsp3) is 0.418. The van der Waals surface area contributed by atoms with Crippen molar-refractivity contribution in [3.8, 4) is 11.8 Å². The van der Waals surface area contributed by atoms with Gasteiger partial charge in [-0.15, -0.1) is 0 Å². The SMILES string of the molecule is COc1c(C(=O)O)c2ccccc2n1CC1CCN(CCN(C(=O)OCc2ccccc2)S(C)(=O)=O)CC1.COc1c(C(=O)OCC2CCN(CCN(C(=O)OCc3ccccc3)S(C)(=O)=O)CC2)c2ccccc2n1C. The van der Waals surface area contributed by atoms with E-state index in [1.807, 2.05) is 95.0 Å². The number of esters is 1. The lowest BCUT2D eigenvalue weighted by atomic mass is 9.96. The molecule has 0 spiro atoms. The number of aromatic nitrogens is 2. The van der Waals surface area contributed by atoms with Gasteiger partial charge in [-0.1, -0.05) is 97.1 Å². The van der Waals surface area contributed by atoms with Gasteiger partial charge in [0.2, 0.25) is 31.8 Å². The molecular formula is C55H68N6O14S2. The van der Waals surface area contributed by atoms with E-state index in [4.69, 9.17) is 23.7 Å². The minimum Gasteiger partial charge on any atom is -0.482 e. The third kappa shape index (κ3) is 14.9.